The number of halogens is 1. The van der Waals surface area contributed by atoms with Gasteiger partial charge in [-0.25, -0.2) is 0 Å². The number of nitrogens with zero attached hydrogens (tertiary/aromatic N) is 2. The molecule has 0 radical (unpaired) electrons. The van der Waals surface area contributed by atoms with E-state index >= 15 is 0 Å². The number of hydrogen-bond acceptors (Lipinski definition) is 1. The van der Waals surface area contributed by atoms with Gasteiger partial charge in [0.1, 0.15) is 0 Å². The van der Waals surface area contributed by atoms with Gasteiger partial charge in [-0.3, -0.25) is 0 Å². The number of hydrogen-bond donors (Lipinski definition) is 0. The summed E-state index contributed by atoms with van der Waals surface area (Å²) < 4.78 is 1.23. The first-order valence-corrected chi connectivity index (χ1v) is 12.7. The van der Waals surface area contributed by atoms with Gasteiger partial charge in [-0.1, -0.05) is 84.0 Å². The van der Waals surface area contributed by atoms with E-state index in [-0.39, 0.29) is 24.0 Å². The molecule has 1 rings (SSSR count). The molecule has 0 aromatic carbocycles. The highest BCUT2D eigenvalue weighted by Crippen LogP contribution is 2.14. The number of rotatable bonds is 19. The van der Waals surface area contributed by atoms with Gasteiger partial charge in [0.05, 0.1) is 27.2 Å². The Kier molecular flexibility index (Phi) is 20.1. The quantitative estimate of drug-likeness (QED) is 0.145. The van der Waals surface area contributed by atoms with Crippen molar-refractivity contribution in [2.75, 3.05) is 46.8 Å². The first kappa shape index (κ1) is 28.6. The summed E-state index contributed by atoms with van der Waals surface area (Å²) in [4.78, 5) is 2.66. The Morgan fingerprint density at radius 1 is 0.571 bits per heavy atom. The first-order valence-electron chi connectivity index (χ1n) is 12.7. The van der Waals surface area contributed by atoms with Crippen LogP contribution in [0.5, 0.6) is 0 Å². The maximum atomic E-state index is 2.66. The van der Waals surface area contributed by atoms with Crippen molar-refractivity contribution in [3.05, 3.63) is 0 Å². The lowest BCUT2D eigenvalue weighted by Gasteiger charge is -2.30. The average molecular weight is 509 g/mol. The Balaban J connectivity index is 0.00000729. The Hall–Kier alpha value is 0.650. The van der Waals surface area contributed by atoms with Crippen LogP contribution >= 0.6 is 0 Å². The van der Waals surface area contributed by atoms with Crippen LogP contribution in [0.25, 0.3) is 0 Å². The molecule has 0 atom stereocenters. The van der Waals surface area contributed by atoms with Gasteiger partial charge in [-0.2, -0.15) is 0 Å². The highest BCUT2D eigenvalue weighted by molar-refractivity contribution is 4.65. The topological polar surface area (TPSA) is 3.24 Å². The van der Waals surface area contributed by atoms with Crippen LogP contribution in [0.4, 0.5) is 0 Å². The second kappa shape index (κ2) is 19.6. The molecule has 0 unspecified atom stereocenters. The fourth-order valence-corrected chi connectivity index (χ4v) is 4.57. The van der Waals surface area contributed by atoms with Crippen molar-refractivity contribution in [3.8, 4) is 0 Å². The molecule has 0 N–H and O–H groups in total. The third-order valence-corrected chi connectivity index (χ3v) is 6.55. The summed E-state index contributed by atoms with van der Waals surface area (Å²) in [7, 11) is 4.87. The van der Waals surface area contributed by atoms with Crippen molar-refractivity contribution in [1.29, 1.82) is 0 Å². The van der Waals surface area contributed by atoms with Crippen molar-refractivity contribution in [3.63, 3.8) is 0 Å². The molecule has 0 aliphatic carbocycles. The van der Waals surface area contributed by atoms with Gasteiger partial charge in [0, 0.05) is 13.0 Å². The molecular formula is C25H53IN2. The van der Waals surface area contributed by atoms with E-state index in [4.69, 9.17) is 0 Å². The van der Waals surface area contributed by atoms with E-state index in [2.05, 4.69) is 25.9 Å². The summed E-state index contributed by atoms with van der Waals surface area (Å²) in [5.41, 5.74) is 0. The summed E-state index contributed by atoms with van der Waals surface area (Å²) in [6, 6.07) is 0. The van der Waals surface area contributed by atoms with Crippen LogP contribution in [-0.2, 0) is 0 Å². The van der Waals surface area contributed by atoms with Crippen LogP contribution in [-0.4, -0.2) is 56.2 Å². The number of quaternary nitrogens is 1. The Bertz CT molecular complexity index is 314. The second-order valence-corrected chi connectivity index (χ2v) is 9.88. The smallest absolute Gasteiger partial charge is 0.0794 e. The summed E-state index contributed by atoms with van der Waals surface area (Å²) in [5.74, 6) is 0. The summed E-state index contributed by atoms with van der Waals surface area (Å²) in [5, 5.41) is 0. The van der Waals surface area contributed by atoms with Crippen LogP contribution in [0.15, 0.2) is 0 Å². The Morgan fingerprint density at radius 2 is 0.964 bits per heavy atom. The van der Waals surface area contributed by atoms with E-state index < -0.39 is 0 Å². The van der Waals surface area contributed by atoms with Gasteiger partial charge in [0.15, 0.2) is 0 Å². The van der Waals surface area contributed by atoms with E-state index in [1.54, 1.807) is 0 Å². The van der Waals surface area contributed by atoms with Gasteiger partial charge < -0.3 is 33.4 Å². The predicted molar refractivity (Wildman–Crippen MR) is 122 cm³/mol. The molecular weight excluding hydrogens is 455 g/mol. The lowest BCUT2D eigenvalue weighted by Crippen LogP contribution is -3.00. The van der Waals surface area contributed by atoms with Crippen molar-refractivity contribution < 1.29 is 28.5 Å². The zero-order valence-electron chi connectivity index (χ0n) is 19.8. The van der Waals surface area contributed by atoms with Gasteiger partial charge >= 0.3 is 0 Å². The Labute approximate surface area is 195 Å². The minimum Gasteiger partial charge on any atom is -1.00 e. The van der Waals surface area contributed by atoms with Crippen molar-refractivity contribution in [1.82, 2.24) is 4.90 Å². The largest absolute Gasteiger partial charge is 1.00 e. The predicted octanol–water partition coefficient (Wildman–Crippen LogP) is 4.03. The monoisotopic (exact) mass is 508 g/mol. The molecule has 0 aromatic rings. The highest BCUT2D eigenvalue weighted by atomic mass is 127. The van der Waals surface area contributed by atoms with Crippen LogP contribution in [0.2, 0.25) is 0 Å². The molecule has 3 heteroatoms. The molecule has 1 fully saturated rings. The molecule has 0 aromatic heterocycles. The SMILES string of the molecule is CCCCCCCCCCCCCCCC[N+](C)(C)CCCN1CCCC1.[I-]. The fraction of sp³-hybridized carbons (Fsp3) is 1.00. The molecule has 0 amide bonds. The summed E-state index contributed by atoms with van der Waals surface area (Å²) >= 11 is 0. The first-order chi connectivity index (χ1) is 13.1. The second-order valence-electron chi connectivity index (χ2n) is 9.88. The molecule has 0 spiro atoms. The maximum Gasteiger partial charge on any atom is 0.0794 e. The molecule has 2 nitrogen and oxygen atoms in total. The van der Waals surface area contributed by atoms with E-state index in [0.29, 0.717) is 0 Å². The molecule has 0 saturated carbocycles. The zero-order valence-corrected chi connectivity index (χ0v) is 22.0. The normalized spacial score (nSPS) is 15.1. The molecule has 1 aliphatic rings. The third-order valence-electron chi connectivity index (χ3n) is 6.55. The third kappa shape index (κ3) is 17.5. The van der Waals surface area contributed by atoms with E-state index in [1.807, 2.05) is 0 Å². The van der Waals surface area contributed by atoms with Crippen LogP contribution < -0.4 is 24.0 Å². The van der Waals surface area contributed by atoms with Crippen molar-refractivity contribution in [2.45, 2.75) is 116 Å². The molecule has 1 saturated heterocycles. The van der Waals surface area contributed by atoms with Crippen molar-refractivity contribution in [2.24, 2.45) is 0 Å². The standard InChI is InChI=1S/C25H53N2.HI/c1-4-5-6-7-8-9-10-11-12-13-14-15-16-19-24-27(2,3)25-20-23-26-21-17-18-22-26;/h4-25H2,1-3H3;1H/q+1;/p-1. The average Bonchev–Trinajstić information content (AvgIpc) is 3.15. The van der Waals surface area contributed by atoms with E-state index in [1.165, 1.54) is 146 Å². The van der Waals surface area contributed by atoms with E-state index in [9.17, 15) is 0 Å². The fourth-order valence-electron chi connectivity index (χ4n) is 4.57. The molecule has 1 heterocycles. The van der Waals surface area contributed by atoms with Gasteiger partial charge in [0.2, 0.25) is 0 Å². The Morgan fingerprint density at radius 3 is 1.43 bits per heavy atom. The van der Waals surface area contributed by atoms with Gasteiger partial charge in [-0.15, -0.1) is 0 Å². The van der Waals surface area contributed by atoms with Crippen LogP contribution in [0.1, 0.15) is 116 Å². The lowest BCUT2D eigenvalue weighted by atomic mass is 10.0. The maximum absolute atomic E-state index is 2.66. The number of unbranched alkanes of at least 4 members (excludes halogenated alkanes) is 13. The minimum absolute atomic E-state index is 0. The number of likely N-dealkylation sites (tertiary alicyclic amines) is 1. The van der Waals surface area contributed by atoms with Gasteiger partial charge in [0.25, 0.3) is 0 Å². The van der Waals surface area contributed by atoms with E-state index in [0.717, 1.165) is 0 Å². The molecule has 170 valence electrons. The summed E-state index contributed by atoms with van der Waals surface area (Å²) in [6.07, 6.45) is 24.7. The molecule has 1 aliphatic heterocycles. The zero-order chi connectivity index (χ0) is 19.6. The van der Waals surface area contributed by atoms with Gasteiger partial charge in [-0.05, 0) is 38.8 Å². The molecule has 28 heavy (non-hydrogen) atoms. The molecule has 0 bridgehead atoms. The lowest BCUT2D eigenvalue weighted by molar-refractivity contribution is -0.890. The van der Waals surface area contributed by atoms with Crippen LogP contribution in [0, 0.1) is 0 Å². The van der Waals surface area contributed by atoms with Crippen molar-refractivity contribution >= 4 is 0 Å². The minimum atomic E-state index is 0. The van der Waals surface area contributed by atoms with Crippen LogP contribution in [0.3, 0.4) is 0 Å². The highest BCUT2D eigenvalue weighted by Gasteiger charge is 2.16. The summed E-state index contributed by atoms with van der Waals surface area (Å²) in [6.45, 7) is 9.07.